The fourth-order valence-electron chi connectivity index (χ4n) is 2.95. The van der Waals surface area contributed by atoms with Crippen molar-refractivity contribution in [3.63, 3.8) is 0 Å². The average molecular weight is 445 g/mol. The Balaban J connectivity index is 1.84. The third-order valence-electron chi connectivity index (χ3n) is 4.26. The molecule has 11 nitrogen and oxygen atoms in total. The Hall–Kier alpha value is -4.02. The second kappa shape index (κ2) is 10.3. The zero-order valence-corrected chi connectivity index (χ0v) is 17.9. The zero-order valence-electron chi connectivity index (χ0n) is 17.9. The van der Waals surface area contributed by atoms with Crippen molar-refractivity contribution in [3.8, 4) is 28.7 Å². The van der Waals surface area contributed by atoms with E-state index in [2.05, 4.69) is 10.5 Å². The molecule has 170 valence electrons. The number of nitrogens with zero attached hydrogens (tertiary/aromatic N) is 2. The minimum atomic E-state index is -0.569. The first-order valence-corrected chi connectivity index (χ1v) is 9.96. The van der Waals surface area contributed by atoms with E-state index in [1.165, 1.54) is 30.5 Å². The SMILES string of the molecule is CCOc1cc(C(=O)N/N=C/c2cc3c(cc2[N+](=O)[O-])OCO3)cc(OCC)c1OCC. The van der Waals surface area contributed by atoms with E-state index in [1.807, 2.05) is 20.8 Å². The maximum atomic E-state index is 12.7. The summed E-state index contributed by atoms with van der Waals surface area (Å²) in [5, 5.41) is 15.2. The number of carbonyl (C=O) groups excluding carboxylic acids is 1. The van der Waals surface area contributed by atoms with Crippen molar-refractivity contribution in [2.45, 2.75) is 20.8 Å². The summed E-state index contributed by atoms with van der Waals surface area (Å²) in [5.41, 5.74) is 2.49. The molecule has 1 aliphatic rings. The van der Waals surface area contributed by atoms with Gasteiger partial charge in [0.2, 0.25) is 12.5 Å². The van der Waals surface area contributed by atoms with Crippen LogP contribution in [0.15, 0.2) is 29.4 Å². The predicted octanol–water partition coefficient (Wildman–Crippen LogP) is 3.28. The summed E-state index contributed by atoms with van der Waals surface area (Å²) < 4.78 is 27.2. The monoisotopic (exact) mass is 445 g/mol. The highest BCUT2D eigenvalue weighted by Crippen LogP contribution is 2.39. The number of amides is 1. The summed E-state index contributed by atoms with van der Waals surface area (Å²) >= 11 is 0. The molecule has 3 rings (SSSR count). The standard InChI is InChI=1S/C21H23N3O8/c1-4-28-18-7-13(8-19(29-5-2)20(18)30-6-3)21(25)23-22-11-14-9-16-17(32-12-31-16)10-15(14)24(26)27/h7-11H,4-6,12H2,1-3H3,(H,23,25)/b22-11+. The highest BCUT2D eigenvalue weighted by Gasteiger charge is 2.23. The van der Waals surface area contributed by atoms with E-state index in [0.717, 1.165) is 0 Å². The van der Waals surface area contributed by atoms with Crippen LogP contribution in [0, 0.1) is 10.1 Å². The number of benzene rings is 2. The molecule has 0 aromatic heterocycles. The van der Waals surface area contributed by atoms with Crippen LogP contribution in [0.2, 0.25) is 0 Å². The molecule has 0 fully saturated rings. The second-order valence-corrected chi connectivity index (χ2v) is 6.32. The van der Waals surface area contributed by atoms with Crippen molar-refractivity contribution in [3.05, 3.63) is 45.5 Å². The number of carbonyl (C=O) groups is 1. The van der Waals surface area contributed by atoms with Gasteiger partial charge >= 0.3 is 0 Å². The van der Waals surface area contributed by atoms with Crippen LogP contribution < -0.4 is 29.1 Å². The number of nitro groups is 1. The molecule has 0 atom stereocenters. The summed E-state index contributed by atoms with van der Waals surface area (Å²) in [6.07, 6.45) is 1.17. The van der Waals surface area contributed by atoms with E-state index in [4.69, 9.17) is 23.7 Å². The van der Waals surface area contributed by atoms with E-state index in [0.29, 0.717) is 42.8 Å². The minimum Gasteiger partial charge on any atom is -0.490 e. The minimum absolute atomic E-state index is 0.0219. The first-order chi connectivity index (χ1) is 15.5. The van der Waals surface area contributed by atoms with E-state index >= 15 is 0 Å². The van der Waals surface area contributed by atoms with Crippen molar-refractivity contribution in [2.24, 2.45) is 5.10 Å². The molecular weight excluding hydrogens is 422 g/mol. The van der Waals surface area contributed by atoms with Gasteiger partial charge in [-0.3, -0.25) is 14.9 Å². The Morgan fingerprint density at radius 1 is 1.06 bits per heavy atom. The summed E-state index contributed by atoms with van der Waals surface area (Å²) in [7, 11) is 0. The van der Waals surface area contributed by atoms with Crippen molar-refractivity contribution < 1.29 is 33.4 Å². The summed E-state index contributed by atoms with van der Waals surface area (Å²) in [6, 6.07) is 5.71. The van der Waals surface area contributed by atoms with Gasteiger partial charge in [-0.05, 0) is 39.0 Å². The van der Waals surface area contributed by atoms with Gasteiger partial charge in [-0.15, -0.1) is 0 Å². The van der Waals surface area contributed by atoms with Gasteiger partial charge in [0.1, 0.15) is 0 Å². The van der Waals surface area contributed by atoms with Crippen molar-refractivity contribution in [1.82, 2.24) is 5.43 Å². The number of hydrazone groups is 1. The Labute approximate surface area is 184 Å². The largest absolute Gasteiger partial charge is 0.490 e. The number of ether oxygens (including phenoxy) is 5. The first-order valence-electron chi connectivity index (χ1n) is 9.96. The molecule has 11 heteroatoms. The van der Waals surface area contributed by atoms with Crippen LogP contribution in [0.25, 0.3) is 0 Å². The summed E-state index contributed by atoms with van der Waals surface area (Å²) in [4.78, 5) is 23.4. The summed E-state index contributed by atoms with van der Waals surface area (Å²) in [5.74, 6) is 1.21. The molecule has 0 spiro atoms. The number of hydrogen-bond donors (Lipinski definition) is 1. The van der Waals surface area contributed by atoms with Gasteiger partial charge in [0.05, 0.1) is 42.6 Å². The maximum Gasteiger partial charge on any atom is 0.282 e. The number of nitro benzene ring substituents is 1. The van der Waals surface area contributed by atoms with E-state index in [1.54, 1.807) is 0 Å². The van der Waals surface area contributed by atoms with E-state index in [9.17, 15) is 14.9 Å². The van der Waals surface area contributed by atoms with E-state index in [-0.39, 0.29) is 29.4 Å². The van der Waals surface area contributed by atoms with Crippen LogP contribution in [-0.2, 0) is 0 Å². The number of fused-ring (bicyclic) bond motifs is 1. The molecule has 2 aromatic rings. The molecular formula is C21H23N3O8. The third-order valence-corrected chi connectivity index (χ3v) is 4.26. The molecule has 0 unspecified atom stereocenters. The van der Waals surface area contributed by atoms with Gasteiger partial charge in [-0.25, -0.2) is 5.43 Å². The lowest BCUT2D eigenvalue weighted by molar-refractivity contribution is -0.385. The predicted molar refractivity (Wildman–Crippen MR) is 114 cm³/mol. The third kappa shape index (κ3) is 4.99. The smallest absolute Gasteiger partial charge is 0.282 e. The second-order valence-electron chi connectivity index (χ2n) is 6.32. The molecule has 1 heterocycles. The van der Waals surface area contributed by atoms with Crippen molar-refractivity contribution in [1.29, 1.82) is 0 Å². The fraction of sp³-hybridized carbons (Fsp3) is 0.333. The van der Waals surface area contributed by atoms with Crippen LogP contribution in [0.3, 0.4) is 0 Å². The molecule has 1 N–H and O–H groups in total. The molecule has 0 saturated carbocycles. The van der Waals surface area contributed by atoms with Crippen LogP contribution in [0.4, 0.5) is 5.69 Å². The fourth-order valence-corrected chi connectivity index (χ4v) is 2.95. The topological polar surface area (TPSA) is 131 Å². The zero-order chi connectivity index (χ0) is 23.1. The van der Waals surface area contributed by atoms with Crippen LogP contribution in [-0.4, -0.2) is 43.7 Å². The molecule has 0 radical (unpaired) electrons. The van der Waals surface area contributed by atoms with E-state index < -0.39 is 10.8 Å². The van der Waals surface area contributed by atoms with Gasteiger partial charge < -0.3 is 23.7 Å². The highest BCUT2D eigenvalue weighted by molar-refractivity contribution is 5.96. The Morgan fingerprint density at radius 3 is 2.22 bits per heavy atom. The highest BCUT2D eigenvalue weighted by atomic mass is 16.7. The van der Waals surface area contributed by atoms with Gasteiger partial charge in [-0.2, -0.15) is 5.10 Å². The average Bonchev–Trinajstić information content (AvgIpc) is 3.22. The van der Waals surface area contributed by atoms with Gasteiger partial charge in [0.25, 0.3) is 11.6 Å². The lowest BCUT2D eigenvalue weighted by Gasteiger charge is -2.16. The Morgan fingerprint density at radius 2 is 1.66 bits per heavy atom. The maximum absolute atomic E-state index is 12.7. The molecule has 2 aromatic carbocycles. The number of nitrogens with one attached hydrogen (secondary N) is 1. The number of hydrogen-bond acceptors (Lipinski definition) is 9. The molecule has 0 saturated heterocycles. The Bertz CT molecular complexity index is 1010. The molecule has 0 aliphatic carbocycles. The van der Waals surface area contributed by atoms with Crippen LogP contribution >= 0.6 is 0 Å². The normalized spacial score (nSPS) is 12.0. The lowest BCUT2D eigenvalue weighted by Crippen LogP contribution is -2.18. The van der Waals surface area contributed by atoms with Crippen LogP contribution in [0.1, 0.15) is 36.7 Å². The van der Waals surface area contributed by atoms with Gasteiger partial charge in [0.15, 0.2) is 23.0 Å². The van der Waals surface area contributed by atoms with Gasteiger partial charge in [-0.1, -0.05) is 0 Å². The number of rotatable bonds is 10. The quantitative estimate of drug-likeness (QED) is 0.335. The van der Waals surface area contributed by atoms with Crippen LogP contribution in [0.5, 0.6) is 28.7 Å². The summed E-state index contributed by atoms with van der Waals surface area (Å²) in [6.45, 7) is 6.55. The first kappa shape index (κ1) is 22.7. The molecule has 1 aliphatic heterocycles. The Kier molecular flexibility index (Phi) is 7.32. The van der Waals surface area contributed by atoms with Gasteiger partial charge in [0, 0.05) is 5.56 Å². The molecule has 1 amide bonds. The lowest BCUT2D eigenvalue weighted by atomic mass is 10.1. The van der Waals surface area contributed by atoms with Crippen molar-refractivity contribution >= 4 is 17.8 Å². The van der Waals surface area contributed by atoms with Crippen molar-refractivity contribution in [2.75, 3.05) is 26.6 Å². The molecule has 0 bridgehead atoms. The molecule has 32 heavy (non-hydrogen) atoms.